The van der Waals surface area contributed by atoms with Gasteiger partial charge >= 0.3 is 0 Å². The molecule has 0 radical (unpaired) electrons. The molecular weight excluding hydrogens is 428 g/mol. The molecule has 172 valence electrons. The van der Waals surface area contributed by atoms with Gasteiger partial charge < -0.3 is 19.8 Å². The standard InChI is InChI=1S/C28H26N2O4/c1-20-12-13-24(16-26(20)30-28(32)23-9-3-2-4-10-23)27(31)29-17-21-7-5-8-22(15-21)18-33-19-25-11-6-14-34-25/h2-16H,17-19H2,1H3,(H,29,31)(H,30,32). The number of hydrogen-bond donors (Lipinski definition) is 2. The molecule has 0 unspecified atom stereocenters. The Hall–Kier alpha value is -4.16. The Morgan fingerprint density at radius 1 is 0.794 bits per heavy atom. The molecule has 0 fully saturated rings. The Morgan fingerprint density at radius 3 is 2.41 bits per heavy atom. The second-order valence-electron chi connectivity index (χ2n) is 7.92. The number of rotatable bonds is 9. The van der Waals surface area contributed by atoms with Crippen LogP contribution in [0, 0.1) is 6.92 Å². The van der Waals surface area contributed by atoms with Crippen LogP contribution in [0.25, 0.3) is 0 Å². The van der Waals surface area contributed by atoms with Crippen molar-refractivity contribution >= 4 is 17.5 Å². The van der Waals surface area contributed by atoms with Crippen molar-refractivity contribution in [2.24, 2.45) is 0 Å². The third-order valence-corrected chi connectivity index (χ3v) is 5.32. The minimum absolute atomic E-state index is 0.213. The van der Waals surface area contributed by atoms with Crippen molar-refractivity contribution in [2.75, 3.05) is 5.32 Å². The summed E-state index contributed by atoms with van der Waals surface area (Å²) < 4.78 is 11.0. The van der Waals surface area contributed by atoms with Crippen molar-refractivity contribution in [3.05, 3.63) is 125 Å². The molecule has 34 heavy (non-hydrogen) atoms. The van der Waals surface area contributed by atoms with E-state index in [4.69, 9.17) is 9.15 Å². The Kier molecular flexibility index (Phi) is 7.53. The minimum atomic E-state index is -0.215. The van der Waals surface area contributed by atoms with E-state index in [1.54, 1.807) is 30.5 Å². The minimum Gasteiger partial charge on any atom is -0.467 e. The lowest BCUT2D eigenvalue weighted by atomic mass is 10.1. The third kappa shape index (κ3) is 6.21. The van der Waals surface area contributed by atoms with Crippen LogP contribution in [0.2, 0.25) is 0 Å². The SMILES string of the molecule is Cc1ccc(C(=O)NCc2cccc(COCc3ccco3)c2)cc1NC(=O)c1ccccc1. The highest BCUT2D eigenvalue weighted by Gasteiger charge is 2.11. The van der Waals surface area contributed by atoms with E-state index in [0.29, 0.717) is 36.6 Å². The van der Waals surface area contributed by atoms with E-state index in [9.17, 15) is 9.59 Å². The Labute approximate surface area is 198 Å². The number of carbonyl (C=O) groups is 2. The molecule has 0 saturated carbocycles. The lowest BCUT2D eigenvalue weighted by Crippen LogP contribution is -2.23. The van der Waals surface area contributed by atoms with Crippen molar-refractivity contribution < 1.29 is 18.7 Å². The number of furan rings is 1. The van der Waals surface area contributed by atoms with Crippen LogP contribution in [0.4, 0.5) is 5.69 Å². The second-order valence-corrected chi connectivity index (χ2v) is 7.92. The van der Waals surface area contributed by atoms with Crippen molar-refractivity contribution in [3.8, 4) is 0 Å². The summed E-state index contributed by atoms with van der Waals surface area (Å²) >= 11 is 0. The molecule has 1 aromatic heterocycles. The van der Waals surface area contributed by atoms with E-state index in [0.717, 1.165) is 22.5 Å². The number of aryl methyl sites for hydroxylation is 1. The smallest absolute Gasteiger partial charge is 0.255 e. The molecule has 1 heterocycles. The monoisotopic (exact) mass is 454 g/mol. The van der Waals surface area contributed by atoms with Crippen LogP contribution >= 0.6 is 0 Å². The zero-order chi connectivity index (χ0) is 23.8. The van der Waals surface area contributed by atoms with Gasteiger partial charge in [0.1, 0.15) is 12.4 Å². The number of amides is 2. The van der Waals surface area contributed by atoms with E-state index < -0.39 is 0 Å². The maximum atomic E-state index is 12.8. The quantitative estimate of drug-likeness (QED) is 0.351. The van der Waals surface area contributed by atoms with Gasteiger partial charge in [-0.15, -0.1) is 0 Å². The molecule has 0 aliphatic carbocycles. The summed E-state index contributed by atoms with van der Waals surface area (Å²) in [7, 11) is 0. The summed E-state index contributed by atoms with van der Waals surface area (Å²) in [4.78, 5) is 25.3. The van der Waals surface area contributed by atoms with Crippen LogP contribution < -0.4 is 10.6 Å². The highest BCUT2D eigenvalue weighted by molar-refractivity contribution is 6.05. The summed E-state index contributed by atoms with van der Waals surface area (Å²) in [5, 5.41) is 5.84. The van der Waals surface area contributed by atoms with E-state index in [2.05, 4.69) is 10.6 Å². The summed E-state index contributed by atoms with van der Waals surface area (Å²) in [6.45, 7) is 3.13. The first-order chi connectivity index (χ1) is 16.6. The molecule has 3 aromatic carbocycles. The zero-order valence-corrected chi connectivity index (χ0v) is 18.9. The van der Waals surface area contributed by atoms with Crippen LogP contribution in [-0.4, -0.2) is 11.8 Å². The molecule has 6 heteroatoms. The summed E-state index contributed by atoms with van der Waals surface area (Å²) in [6.07, 6.45) is 1.62. The molecule has 4 aromatic rings. The Balaban J connectivity index is 1.34. The number of hydrogen-bond acceptors (Lipinski definition) is 4. The van der Waals surface area contributed by atoms with Gasteiger partial charge in [0.2, 0.25) is 0 Å². The van der Waals surface area contributed by atoms with Gasteiger partial charge in [0.15, 0.2) is 0 Å². The molecule has 0 aliphatic rings. The number of carbonyl (C=O) groups excluding carboxylic acids is 2. The number of anilines is 1. The molecular formula is C28H26N2O4. The van der Waals surface area contributed by atoms with Crippen LogP contribution in [0.3, 0.4) is 0 Å². The van der Waals surface area contributed by atoms with Crippen LogP contribution in [-0.2, 0) is 24.5 Å². The van der Waals surface area contributed by atoms with Gasteiger partial charge in [0, 0.05) is 23.4 Å². The van der Waals surface area contributed by atoms with Gasteiger partial charge in [-0.1, -0.05) is 48.5 Å². The van der Waals surface area contributed by atoms with E-state index in [-0.39, 0.29) is 11.8 Å². The largest absolute Gasteiger partial charge is 0.467 e. The van der Waals surface area contributed by atoms with Crippen molar-refractivity contribution in [3.63, 3.8) is 0 Å². The molecule has 0 aliphatic heterocycles. The lowest BCUT2D eigenvalue weighted by Gasteiger charge is -2.12. The molecule has 0 saturated heterocycles. The first kappa shape index (κ1) is 23.0. The first-order valence-corrected chi connectivity index (χ1v) is 11.0. The first-order valence-electron chi connectivity index (χ1n) is 11.0. The normalized spacial score (nSPS) is 10.6. The Bertz CT molecular complexity index is 1250. The van der Waals surface area contributed by atoms with Gasteiger partial charge in [-0.2, -0.15) is 0 Å². The molecule has 0 atom stereocenters. The van der Waals surface area contributed by atoms with Crippen molar-refractivity contribution in [1.82, 2.24) is 5.32 Å². The zero-order valence-electron chi connectivity index (χ0n) is 18.9. The van der Waals surface area contributed by atoms with E-state index in [1.807, 2.05) is 67.6 Å². The lowest BCUT2D eigenvalue weighted by molar-refractivity contribution is 0.0928. The summed E-state index contributed by atoms with van der Waals surface area (Å²) in [5.41, 5.74) is 4.51. The Morgan fingerprint density at radius 2 is 1.62 bits per heavy atom. The average Bonchev–Trinajstić information content (AvgIpc) is 3.38. The van der Waals surface area contributed by atoms with E-state index in [1.165, 1.54) is 0 Å². The van der Waals surface area contributed by atoms with Gasteiger partial charge in [-0.05, 0) is 60.0 Å². The molecule has 2 amide bonds. The number of benzene rings is 3. The fraction of sp³-hybridized carbons (Fsp3) is 0.143. The highest BCUT2D eigenvalue weighted by atomic mass is 16.5. The topological polar surface area (TPSA) is 80.6 Å². The second kappa shape index (κ2) is 11.1. The van der Waals surface area contributed by atoms with Gasteiger partial charge in [-0.3, -0.25) is 9.59 Å². The maximum Gasteiger partial charge on any atom is 0.255 e. The maximum absolute atomic E-state index is 12.8. The molecule has 6 nitrogen and oxygen atoms in total. The van der Waals surface area contributed by atoms with Crippen molar-refractivity contribution in [2.45, 2.75) is 26.7 Å². The summed E-state index contributed by atoms with van der Waals surface area (Å²) in [5.74, 6) is 0.350. The highest BCUT2D eigenvalue weighted by Crippen LogP contribution is 2.18. The predicted molar refractivity (Wildman–Crippen MR) is 130 cm³/mol. The fourth-order valence-corrected chi connectivity index (χ4v) is 3.46. The van der Waals surface area contributed by atoms with Crippen LogP contribution in [0.5, 0.6) is 0 Å². The van der Waals surface area contributed by atoms with E-state index >= 15 is 0 Å². The predicted octanol–water partition coefficient (Wildman–Crippen LogP) is 5.49. The number of nitrogens with one attached hydrogen (secondary N) is 2. The fourth-order valence-electron chi connectivity index (χ4n) is 3.46. The molecule has 2 N–H and O–H groups in total. The van der Waals surface area contributed by atoms with Crippen molar-refractivity contribution in [1.29, 1.82) is 0 Å². The van der Waals surface area contributed by atoms with Crippen LogP contribution in [0.15, 0.2) is 95.6 Å². The van der Waals surface area contributed by atoms with Crippen LogP contribution in [0.1, 0.15) is 43.2 Å². The van der Waals surface area contributed by atoms with Gasteiger partial charge in [-0.25, -0.2) is 0 Å². The molecule has 0 spiro atoms. The molecule has 4 rings (SSSR count). The number of ether oxygens (including phenoxy) is 1. The third-order valence-electron chi connectivity index (χ3n) is 5.32. The van der Waals surface area contributed by atoms with Gasteiger partial charge in [0.05, 0.1) is 12.9 Å². The average molecular weight is 455 g/mol. The van der Waals surface area contributed by atoms with Gasteiger partial charge in [0.25, 0.3) is 11.8 Å². The summed E-state index contributed by atoms with van der Waals surface area (Å²) in [6, 6.07) is 25.8. The molecule has 0 bridgehead atoms.